The quantitative estimate of drug-likeness (QED) is 0.940. The Morgan fingerprint density at radius 1 is 1.45 bits per heavy atom. The van der Waals surface area contributed by atoms with Gasteiger partial charge in [-0.2, -0.15) is 0 Å². The first kappa shape index (κ1) is 13.5. The molecule has 2 aliphatic rings. The fraction of sp³-hybridized carbons (Fsp3) is 0.471. The summed E-state index contributed by atoms with van der Waals surface area (Å²) in [7, 11) is 0. The first-order chi connectivity index (χ1) is 10.7. The molecule has 0 aromatic carbocycles. The van der Waals surface area contributed by atoms with E-state index in [9.17, 15) is 4.79 Å². The molecule has 0 radical (unpaired) electrons. The van der Waals surface area contributed by atoms with E-state index in [-0.39, 0.29) is 17.9 Å². The van der Waals surface area contributed by atoms with Crippen molar-refractivity contribution in [3.8, 4) is 0 Å². The van der Waals surface area contributed by atoms with Crippen molar-refractivity contribution in [1.82, 2.24) is 19.9 Å². The summed E-state index contributed by atoms with van der Waals surface area (Å²) in [6, 6.07) is 4.22. The third-order valence-corrected chi connectivity index (χ3v) is 4.70. The van der Waals surface area contributed by atoms with E-state index in [1.54, 1.807) is 6.20 Å². The van der Waals surface area contributed by atoms with Gasteiger partial charge < -0.3 is 9.88 Å². The van der Waals surface area contributed by atoms with E-state index in [2.05, 4.69) is 32.1 Å². The molecule has 0 unspecified atom stereocenters. The van der Waals surface area contributed by atoms with Crippen LogP contribution in [0.3, 0.4) is 0 Å². The highest BCUT2D eigenvalue weighted by Gasteiger charge is 2.44. The van der Waals surface area contributed by atoms with Gasteiger partial charge in [-0.15, -0.1) is 0 Å². The molecular formula is C17H20N4O. The van der Waals surface area contributed by atoms with Gasteiger partial charge in [0.1, 0.15) is 5.82 Å². The van der Waals surface area contributed by atoms with Crippen molar-refractivity contribution in [2.75, 3.05) is 0 Å². The van der Waals surface area contributed by atoms with E-state index in [1.807, 2.05) is 19.2 Å². The lowest BCUT2D eigenvalue weighted by atomic mass is 10.1. The van der Waals surface area contributed by atoms with Crippen molar-refractivity contribution in [3.63, 3.8) is 0 Å². The second-order valence-electron chi connectivity index (χ2n) is 6.43. The number of nitrogens with zero attached hydrogens (tertiary/aromatic N) is 3. The normalized spacial score (nSPS) is 26.3. The van der Waals surface area contributed by atoms with Gasteiger partial charge in [-0.05, 0) is 37.3 Å². The second kappa shape index (κ2) is 5.23. The van der Waals surface area contributed by atoms with Crippen LogP contribution >= 0.6 is 0 Å². The minimum absolute atomic E-state index is 0.120. The molecule has 1 amide bonds. The second-order valence-corrected chi connectivity index (χ2v) is 6.43. The van der Waals surface area contributed by atoms with Crippen LogP contribution in [0.5, 0.6) is 0 Å². The number of amides is 1. The van der Waals surface area contributed by atoms with Gasteiger partial charge in [-0.3, -0.25) is 9.78 Å². The summed E-state index contributed by atoms with van der Waals surface area (Å²) in [5.74, 6) is 1.81. The SMILES string of the molecule is Cc1cn2c(n1)CC[C@H](NC(=O)[C@H]1C[C@@H]1c1cccnc1)C2. The Balaban J connectivity index is 1.36. The molecule has 4 rings (SSSR count). The van der Waals surface area contributed by atoms with Crippen LogP contribution in [-0.2, 0) is 17.8 Å². The Hall–Kier alpha value is -2.17. The Morgan fingerprint density at radius 2 is 2.36 bits per heavy atom. The van der Waals surface area contributed by atoms with Gasteiger partial charge in [0.15, 0.2) is 0 Å². The minimum Gasteiger partial charge on any atom is -0.351 e. The largest absolute Gasteiger partial charge is 0.351 e. The van der Waals surface area contributed by atoms with Gasteiger partial charge >= 0.3 is 0 Å². The number of hydrogen-bond acceptors (Lipinski definition) is 3. The number of rotatable bonds is 3. The van der Waals surface area contributed by atoms with Crippen LogP contribution in [0.2, 0.25) is 0 Å². The highest BCUT2D eigenvalue weighted by atomic mass is 16.2. The first-order valence-electron chi connectivity index (χ1n) is 7.93. The van der Waals surface area contributed by atoms with Crippen LogP contribution in [0.15, 0.2) is 30.7 Å². The maximum atomic E-state index is 12.4. The molecule has 1 saturated carbocycles. The molecule has 2 aromatic heterocycles. The zero-order valence-corrected chi connectivity index (χ0v) is 12.7. The first-order valence-corrected chi connectivity index (χ1v) is 7.93. The highest BCUT2D eigenvalue weighted by molar-refractivity contribution is 5.83. The van der Waals surface area contributed by atoms with Crippen LogP contribution in [0, 0.1) is 12.8 Å². The van der Waals surface area contributed by atoms with E-state index in [1.165, 1.54) is 5.56 Å². The third kappa shape index (κ3) is 2.51. The van der Waals surface area contributed by atoms with Crippen LogP contribution in [0.4, 0.5) is 0 Å². The molecule has 0 spiro atoms. The predicted octanol–water partition coefficient (Wildman–Crippen LogP) is 1.82. The molecule has 1 fully saturated rings. The Kier molecular flexibility index (Phi) is 3.21. The average molecular weight is 296 g/mol. The van der Waals surface area contributed by atoms with Crippen LogP contribution in [0.25, 0.3) is 0 Å². The summed E-state index contributed by atoms with van der Waals surface area (Å²) >= 11 is 0. The number of pyridine rings is 1. The van der Waals surface area contributed by atoms with E-state index in [0.717, 1.165) is 37.3 Å². The summed E-state index contributed by atoms with van der Waals surface area (Å²) in [6.07, 6.45) is 8.58. The maximum absolute atomic E-state index is 12.4. The number of aromatic nitrogens is 3. The molecule has 114 valence electrons. The molecule has 5 nitrogen and oxygen atoms in total. The van der Waals surface area contributed by atoms with Gasteiger partial charge in [-0.25, -0.2) is 4.98 Å². The van der Waals surface area contributed by atoms with Gasteiger partial charge in [0.05, 0.1) is 5.69 Å². The number of aryl methyl sites for hydroxylation is 2. The lowest BCUT2D eigenvalue weighted by molar-refractivity contribution is -0.123. The molecule has 3 heterocycles. The summed E-state index contributed by atoms with van der Waals surface area (Å²) in [5.41, 5.74) is 2.24. The Labute approximate surface area is 129 Å². The molecule has 1 aliphatic carbocycles. The van der Waals surface area contributed by atoms with Gasteiger partial charge in [0, 0.05) is 43.5 Å². The van der Waals surface area contributed by atoms with Gasteiger partial charge in [0.25, 0.3) is 0 Å². The van der Waals surface area contributed by atoms with Crippen molar-refractivity contribution in [1.29, 1.82) is 0 Å². The van der Waals surface area contributed by atoms with Crippen LogP contribution in [-0.4, -0.2) is 26.5 Å². The predicted molar refractivity (Wildman–Crippen MR) is 82.3 cm³/mol. The number of hydrogen-bond donors (Lipinski definition) is 1. The molecule has 22 heavy (non-hydrogen) atoms. The van der Waals surface area contributed by atoms with Gasteiger partial charge in [0.2, 0.25) is 5.91 Å². The number of imidazole rings is 1. The third-order valence-electron chi connectivity index (χ3n) is 4.70. The van der Waals surface area contributed by atoms with E-state index in [0.29, 0.717) is 5.92 Å². The molecule has 5 heteroatoms. The lowest BCUT2D eigenvalue weighted by Gasteiger charge is -2.24. The molecule has 1 aliphatic heterocycles. The van der Waals surface area contributed by atoms with Gasteiger partial charge in [-0.1, -0.05) is 6.07 Å². The fourth-order valence-electron chi connectivity index (χ4n) is 3.46. The molecule has 0 bridgehead atoms. The van der Waals surface area contributed by atoms with Crippen LogP contribution in [0.1, 0.15) is 35.8 Å². The monoisotopic (exact) mass is 296 g/mol. The van der Waals surface area contributed by atoms with E-state index in [4.69, 9.17) is 0 Å². The highest BCUT2D eigenvalue weighted by Crippen LogP contribution is 2.47. The van der Waals surface area contributed by atoms with Crippen molar-refractivity contribution in [2.24, 2.45) is 5.92 Å². The Bertz CT molecular complexity index is 694. The standard InChI is InChI=1S/C17H20N4O/c1-11-9-21-10-13(4-5-16(21)19-11)20-17(22)15-7-14(15)12-3-2-6-18-8-12/h2-3,6,8-9,13-15H,4-5,7,10H2,1H3,(H,20,22)/t13-,14+,15-/m0/s1. The van der Waals surface area contributed by atoms with Crippen molar-refractivity contribution in [3.05, 3.63) is 47.8 Å². The summed E-state index contributed by atoms with van der Waals surface area (Å²) in [5, 5.41) is 3.22. The molecule has 3 atom stereocenters. The van der Waals surface area contributed by atoms with Crippen molar-refractivity contribution in [2.45, 2.75) is 44.7 Å². The fourth-order valence-corrected chi connectivity index (χ4v) is 3.46. The number of carbonyl (C=O) groups excluding carboxylic acids is 1. The number of fused-ring (bicyclic) bond motifs is 1. The van der Waals surface area contributed by atoms with Crippen molar-refractivity contribution < 1.29 is 4.79 Å². The van der Waals surface area contributed by atoms with E-state index >= 15 is 0 Å². The summed E-state index contributed by atoms with van der Waals surface area (Å²) < 4.78 is 2.18. The lowest BCUT2D eigenvalue weighted by Crippen LogP contribution is -2.41. The van der Waals surface area contributed by atoms with E-state index < -0.39 is 0 Å². The zero-order chi connectivity index (χ0) is 15.1. The molecule has 1 N–H and O–H groups in total. The molecule has 2 aromatic rings. The minimum atomic E-state index is 0.120. The topological polar surface area (TPSA) is 59.8 Å². The smallest absolute Gasteiger partial charge is 0.224 e. The average Bonchev–Trinajstić information content (AvgIpc) is 3.24. The maximum Gasteiger partial charge on any atom is 0.224 e. The van der Waals surface area contributed by atoms with Crippen LogP contribution < -0.4 is 5.32 Å². The zero-order valence-electron chi connectivity index (χ0n) is 12.7. The molecule has 0 saturated heterocycles. The Morgan fingerprint density at radius 3 is 3.18 bits per heavy atom. The molecular weight excluding hydrogens is 276 g/mol. The summed E-state index contributed by atoms with van der Waals surface area (Å²) in [6.45, 7) is 2.85. The number of carbonyl (C=O) groups is 1. The summed E-state index contributed by atoms with van der Waals surface area (Å²) in [4.78, 5) is 21.1. The number of nitrogens with one attached hydrogen (secondary N) is 1. The van der Waals surface area contributed by atoms with Crippen molar-refractivity contribution >= 4 is 5.91 Å².